The molecule has 0 saturated heterocycles. The number of fused-ring (bicyclic) bond motifs is 1. The molecule has 1 aliphatic rings. The molecule has 1 unspecified atom stereocenters. The van der Waals surface area contributed by atoms with Gasteiger partial charge in [-0.25, -0.2) is 9.78 Å². The number of thiazole rings is 1. The van der Waals surface area contributed by atoms with Gasteiger partial charge in [-0.15, -0.1) is 0 Å². The Balaban J connectivity index is 1.63. The lowest BCUT2D eigenvalue weighted by molar-refractivity contribution is -0.117. The van der Waals surface area contributed by atoms with Crippen LogP contribution in [0.5, 0.6) is 5.75 Å². The summed E-state index contributed by atoms with van der Waals surface area (Å²) in [5.74, 6) is -1.42. The van der Waals surface area contributed by atoms with Crippen molar-refractivity contribution in [1.82, 2.24) is 4.98 Å². The van der Waals surface area contributed by atoms with Gasteiger partial charge in [-0.05, 0) is 61.9 Å². The minimum Gasteiger partial charge on any atom is -0.503 e. The van der Waals surface area contributed by atoms with Crippen molar-refractivity contribution in [3.8, 4) is 5.75 Å². The molecule has 9 nitrogen and oxygen atoms in total. The van der Waals surface area contributed by atoms with Crippen molar-refractivity contribution in [2.75, 3.05) is 18.6 Å². The number of ether oxygens (including phenoxy) is 2. The number of carbonyl (C=O) groups excluding carboxylic acids is 3. The minimum absolute atomic E-state index is 0.00413. The van der Waals surface area contributed by atoms with Gasteiger partial charge in [0, 0.05) is 0 Å². The van der Waals surface area contributed by atoms with Crippen LogP contribution in [0.25, 0.3) is 10.2 Å². The number of methoxy groups -OCH3 is 1. The summed E-state index contributed by atoms with van der Waals surface area (Å²) >= 11 is 1.23. The molecule has 10 heteroatoms. The highest BCUT2D eigenvalue weighted by atomic mass is 32.1. The molecule has 0 bridgehead atoms. The summed E-state index contributed by atoms with van der Waals surface area (Å²) in [6.07, 6.45) is 0. The number of aliphatic hydroxyl groups is 1. The van der Waals surface area contributed by atoms with Gasteiger partial charge in [-0.1, -0.05) is 23.5 Å². The zero-order valence-corrected chi connectivity index (χ0v) is 21.0. The van der Waals surface area contributed by atoms with Crippen LogP contribution in [0.2, 0.25) is 0 Å². The van der Waals surface area contributed by atoms with Crippen LogP contribution in [0, 0.1) is 6.92 Å². The number of furan rings is 1. The second-order valence-corrected chi connectivity index (χ2v) is 9.26. The van der Waals surface area contributed by atoms with Crippen LogP contribution in [-0.4, -0.2) is 41.5 Å². The number of aryl methyl sites for hydroxylation is 1. The standard InChI is InChI=1S/C27H22N2O7S/c1-4-35-17-10-11-18-20(13-17)37-27(28-18)29-22(15-6-8-16(9-7-15)26(33)34-3)21(24(31)25(29)32)23(30)19-12-5-14(2)36-19/h5-13,22,31H,4H2,1-3H3. The molecule has 0 radical (unpaired) electrons. The summed E-state index contributed by atoms with van der Waals surface area (Å²) in [4.78, 5) is 44.7. The molecule has 5 rings (SSSR count). The molecule has 4 aromatic rings. The molecular weight excluding hydrogens is 496 g/mol. The number of amides is 1. The van der Waals surface area contributed by atoms with Gasteiger partial charge in [0.1, 0.15) is 11.5 Å². The SMILES string of the molecule is CCOc1ccc2nc(N3C(=O)C(O)=C(C(=O)c4ccc(C)o4)C3c3ccc(C(=O)OC)cc3)sc2c1. The maximum atomic E-state index is 13.5. The molecular formula is C27H22N2O7S. The fourth-order valence-electron chi connectivity index (χ4n) is 4.21. The Hall–Kier alpha value is -4.44. The number of benzene rings is 2. The summed E-state index contributed by atoms with van der Waals surface area (Å²) in [5, 5.41) is 11.2. The largest absolute Gasteiger partial charge is 0.503 e. The number of esters is 1. The van der Waals surface area contributed by atoms with Gasteiger partial charge in [-0.3, -0.25) is 14.5 Å². The van der Waals surface area contributed by atoms with Crippen molar-refractivity contribution < 1.29 is 33.4 Å². The number of hydrogen-bond acceptors (Lipinski definition) is 9. The smallest absolute Gasteiger partial charge is 0.337 e. The lowest BCUT2D eigenvalue weighted by Gasteiger charge is -2.24. The molecule has 1 N–H and O–H groups in total. The Morgan fingerprint density at radius 2 is 1.89 bits per heavy atom. The number of aromatic nitrogens is 1. The quantitative estimate of drug-likeness (QED) is 0.263. The molecule has 1 amide bonds. The van der Waals surface area contributed by atoms with Gasteiger partial charge < -0.3 is 19.0 Å². The van der Waals surface area contributed by atoms with Crippen LogP contribution in [0.3, 0.4) is 0 Å². The first-order valence-corrected chi connectivity index (χ1v) is 12.2. The van der Waals surface area contributed by atoms with E-state index in [2.05, 4.69) is 4.98 Å². The zero-order valence-electron chi connectivity index (χ0n) is 20.2. The lowest BCUT2D eigenvalue weighted by atomic mass is 9.94. The second-order valence-electron chi connectivity index (χ2n) is 8.25. The van der Waals surface area contributed by atoms with E-state index in [0.29, 0.717) is 39.9 Å². The van der Waals surface area contributed by atoms with Crippen LogP contribution in [0.1, 0.15) is 45.2 Å². The fourth-order valence-corrected chi connectivity index (χ4v) is 5.23. The highest BCUT2D eigenvalue weighted by Crippen LogP contribution is 2.44. The van der Waals surface area contributed by atoms with Crippen molar-refractivity contribution in [3.05, 3.63) is 88.6 Å². The van der Waals surface area contributed by atoms with E-state index in [1.807, 2.05) is 13.0 Å². The Morgan fingerprint density at radius 3 is 2.54 bits per heavy atom. The third kappa shape index (κ3) is 4.25. The van der Waals surface area contributed by atoms with Crippen molar-refractivity contribution in [3.63, 3.8) is 0 Å². The van der Waals surface area contributed by atoms with Gasteiger partial charge in [0.25, 0.3) is 5.91 Å². The molecule has 3 heterocycles. The van der Waals surface area contributed by atoms with Gasteiger partial charge >= 0.3 is 5.97 Å². The van der Waals surface area contributed by atoms with Crippen LogP contribution in [0.15, 0.2) is 70.3 Å². The number of carbonyl (C=O) groups is 3. The minimum atomic E-state index is -1.01. The first-order chi connectivity index (χ1) is 17.8. The first kappa shape index (κ1) is 24.3. The van der Waals surface area contributed by atoms with Gasteiger partial charge in [0.2, 0.25) is 5.78 Å². The highest BCUT2D eigenvalue weighted by Gasteiger charge is 2.46. The van der Waals surface area contributed by atoms with Crippen LogP contribution < -0.4 is 9.64 Å². The zero-order chi connectivity index (χ0) is 26.3. The summed E-state index contributed by atoms with van der Waals surface area (Å²) in [6, 6.07) is 13.8. The van der Waals surface area contributed by atoms with E-state index in [9.17, 15) is 19.5 Å². The van der Waals surface area contributed by atoms with Crippen LogP contribution in [0.4, 0.5) is 5.13 Å². The molecule has 2 aromatic carbocycles. The lowest BCUT2D eigenvalue weighted by Crippen LogP contribution is -2.31. The third-order valence-electron chi connectivity index (χ3n) is 5.93. The van der Waals surface area contributed by atoms with Crippen LogP contribution in [-0.2, 0) is 9.53 Å². The Kier molecular flexibility index (Phi) is 6.26. The van der Waals surface area contributed by atoms with E-state index in [0.717, 1.165) is 4.70 Å². The average molecular weight is 519 g/mol. The van der Waals surface area contributed by atoms with E-state index < -0.39 is 29.5 Å². The van der Waals surface area contributed by atoms with Gasteiger partial charge in [-0.2, -0.15) is 0 Å². The number of hydrogen-bond donors (Lipinski definition) is 1. The molecule has 188 valence electrons. The van der Waals surface area contributed by atoms with Crippen molar-refractivity contribution in [2.24, 2.45) is 0 Å². The Bertz CT molecular complexity index is 1570. The summed E-state index contributed by atoms with van der Waals surface area (Å²) < 4.78 is 16.6. The number of ketones is 1. The molecule has 2 aromatic heterocycles. The molecule has 1 aliphatic heterocycles. The highest BCUT2D eigenvalue weighted by molar-refractivity contribution is 7.22. The topological polar surface area (TPSA) is 119 Å². The second kappa shape index (κ2) is 9.55. The van der Waals surface area contributed by atoms with Gasteiger partial charge in [0.05, 0.1) is 41.1 Å². The summed E-state index contributed by atoms with van der Waals surface area (Å²) in [5.41, 5.74) is 1.29. The molecule has 0 fully saturated rings. The van der Waals surface area contributed by atoms with E-state index >= 15 is 0 Å². The number of aliphatic hydroxyl groups excluding tert-OH is 1. The predicted octanol–water partition coefficient (Wildman–Crippen LogP) is 5.17. The summed E-state index contributed by atoms with van der Waals surface area (Å²) in [6.45, 7) is 4.08. The molecule has 0 spiro atoms. The number of Topliss-reactive ketones (excluding diaryl/α,β-unsaturated/α-hetero) is 1. The van der Waals surface area contributed by atoms with E-state index in [1.165, 1.54) is 41.5 Å². The van der Waals surface area contributed by atoms with Gasteiger partial charge in [0.15, 0.2) is 16.7 Å². The van der Waals surface area contributed by atoms with E-state index in [1.54, 1.807) is 37.3 Å². The Labute approximate surface area is 215 Å². The molecule has 0 saturated carbocycles. The maximum Gasteiger partial charge on any atom is 0.337 e. The number of anilines is 1. The third-order valence-corrected chi connectivity index (χ3v) is 6.95. The predicted molar refractivity (Wildman–Crippen MR) is 136 cm³/mol. The van der Waals surface area contributed by atoms with Crippen LogP contribution >= 0.6 is 11.3 Å². The van der Waals surface area contributed by atoms with E-state index in [4.69, 9.17) is 13.9 Å². The molecule has 0 aliphatic carbocycles. The van der Waals surface area contributed by atoms with Crippen molar-refractivity contribution in [2.45, 2.75) is 19.9 Å². The van der Waals surface area contributed by atoms with E-state index in [-0.39, 0.29) is 11.3 Å². The first-order valence-electron chi connectivity index (χ1n) is 11.4. The molecule has 37 heavy (non-hydrogen) atoms. The van der Waals surface area contributed by atoms with Crippen molar-refractivity contribution >= 4 is 44.3 Å². The summed E-state index contributed by atoms with van der Waals surface area (Å²) in [7, 11) is 1.28. The monoisotopic (exact) mass is 518 g/mol. The maximum absolute atomic E-state index is 13.5. The van der Waals surface area contributed by atoms with Crippen molar-refractivity contribution in [1.29, 1.82) is 0 Å². The normalized spacial score (nSPS) is 15.5. The number of nitrogens with zero attached hydrogens (tertiary/aromatic N) is 2. The Morgan fingerprint density at radius 1 is 1.14 bits per heavy atom. The molecule has 1 atom stereocenters. The fraction of sp³-hybridized carbons (Fsp3) is 0.185. The number of rotatable bonds is 7. The average Bonchev–Trinajstić information content (AvgIpc) is 3.59.